The largest absolute Gasteiger partial charge is 0.313 e. The second-order valence-corrected chi connectivity index (χ2v) is 8.52. The molecule has 1 aromatic heterocycles. The van der Waals surface area contributed by atoms with Gasteiger partial charge in [0.05, 0.1) is 6.20 Å². The molecule has 0 amide bonds. The SMILES string of the molecule is CCNC(Cc1cnn(CC)c1)C1CSC(C)C(C)S1. The van der Waals surface area contributed by atoms with Gasteiger partial charge in [-0.25, -0.2) is 0 Å². The Kier molecular flexibility index (Phi) is 6.30. The molecule has 0 bridgehead atoms. The maximum absolute atomic E-state index is 4.40. The number of aromatic nitrogens is 2. The van der Waals surface area contributed by atoms with E-state index in [-0.39, 0.29) is 0 Å². The van der Waals surface area contributed by atoms with Crippen molar-refractivity contribution in [2.45, 2.75) is 62.5 Å². The normalized spacial score (nSPS) is 28.5. The van der Waals surface area contributed by atoms with Crippen molar-refractivity contribution in [1.82, 2.24) is 15.1 Å². The van der Waals surface area contributed by atoms with Crippen molar-refractivity contribution in [3.8, 4) is 0 Å². The van der Waals surface area contributed by atoms with Gasteiger partial charge >= 0.3 is 0 Å². The summed E-state index contributed by atoms with van der Waals surface area (Å²) in [7, 11) is 0. The minimum absolute atomic E-state index is 0.557. The lowest BCUT2D eigenvalue weighted by molar-refractivity contribution is 0.519. The Morgan fingerprint density at radius 1 is 1.40 bits per heavy atom. The summed E-state index contributed by atoms with van der Waals surface area (Å²) in [5.74, 6) is 1.26. The molecule has 0 aromatic carbocycles. The second-order valence-electron chi connectivity index (χ2n) is 5.49. The Bertz CT molecular complexity index is 408. The van der Waals surface area contributed by atoms with Crippen LogP contribution >= 0.6 is 23.5 Å². The Labute approximate surface area is 131 Å². The average Bonchev–Trinajstić information content (AvgIpc) is 2.89. The highest BCUT2D eigenvalue weighted by Crippen LogP contribution is 2.37. The van der Waals surface area contributed by atoms with Gasteiger partial charge in [-0.1, -0.05) is 20.8 Å². The standard InChI is InChI=1S/C15H27N3S2/c1-5-16-14(7-13-8-17-18(6-2)9-13)15-10-19-11(3)12(4)20-15/h8-9,11-12,14-16H,5-7,10H2,1-4H3. The van der Waals surface area contributed by atoms with E-state index < -0.39 is 0 Å². The van der Waals surface area contributed by atoms with Crippen LogP contribution in [0.1, 0.15) is 33.3 Å². The minimum Gasteiger partial charge on any atom is -0.313 e. The van der Waals surface area contributed by atoms with Crippen molar-refractivity contribution in [3.05, 3.63) is 18.0 Å². The van der Waals surface area contributed by atoms with Crippen molar-refractivity contribution in [2.24, 2.45) is 0 Å². The first-order chi connectivity index (χ1) is 9.63. The first kappa shape index (κ1) is 16.2. The number of rotatable bonds is 6. The quantitative estimate of drug-likeness (QED) is 0.874. The molecule has 1 fully saturated rings. The van der Waals surface area contributed by atoms with Crippen LogP contribution in [0.15, 0.2) is 12.4 Å². The van der Waals surface area contributed by atoms with Crippen LogP contribution < -0.4 is 5.32 Å². The molecule has 2 rings (SSSR count). The summed E-state index contributed by atoms with van der Waals surface area (Å²) in [6.07, 6.45) is 5.31. The van der Waals surface area contributed by atoms with E-state index >= 15 is 0 Å². The van der Waals surface area contributed by atoms with Crippen molar-refractivity contribution >= 4 is 23.5 Å². The average molecular weight is 314 g/mol. The molecule has 5 heteroatoms. The van der Waals surface area contributed by atoms with Gasteiger partial charge in [-0.2, -0.15) is 28.6 Å². The smallest absolute Gasteiger partial charge is 0.0522 e. The third-order valence-electron chi connectivity index (χ3n) is 3.96. The molecular formula is C15H27N3S2. The summed E-state index contributed by atoms with van der Waals surface area (Å²) in [6.45, 7) is 11.1. The molecule has 0 aliphatic carbocycles. The van der Waals surface area contributed by atoms with Crippen LogP contribution in [0.4, 0.5) is 0 Å². The van der Waals surface area contributed by atoms with E-state index in [1.807, 2.05) is 10.9 Å². The van der Waals surface area contributed by atoms with Gasteiger partial charge in [0.25, 0.3) is 0 Å². The molecule has 0 saturated carbocycles. The van der Waals surface area contributed by atoms with Crippen LogP contribution in [-0.2, 0) is 13.0 Å². The maximum Gasteiger partial charge on any atom is 0.0522 e. The maximum atomic E-state index is 4.40. The highest BCUT2D eigenvalue weighted by Gasteiger charge is 2.31. The topological polar surface area (TPSA) is 29.9 Å². The molecule has 20 heavy (non-hydrogen) atoms. The summed E-state index contributed by atoms with van der Waals surface area (Å²) in [6, 6.07) is 0.557. The summed E-state index contributed by atoms with van der Waals surface area (Å²) >= 11 is 4.29. The molecule has 1 aliphatic rings. The Hall–Kier alpha value is -0.130. The zero-order chi connectivity index (χ0) is 14.5. The van der Waals surface area contributed by atoms with E-state index in [9.17, 15) is 0 Å². The van der Waals surface area contributed by atoms with Crippen molar-refractivity contribution in [1.29, 1.82) is 0 Å². The van der Waals surface area contributed by atoms with Gasteiger partial charge in [0.15, 0.2) is 0 Å². The lowest BCUT2D eigenvalue weighted by Crippen LogP contribution is -2.44. The van der Waals surface area contributed by atoms with Gasteiger partial charge in [-0.05, 0) is 25.5 Å². The van der Waals surface area contributed by atoms with Gasteiger partial charge in [0.2, 0.25) is 0 Å². The van der Waals surface area contributed by atoms with Crippen molar-refractivity contribution in [2.75, 3.05) is 12.3 Å². The van der Waals surface area contributed by atoms with Gasteiger partial charge < -0.3 is 5.32 Å². The van der Waals surface area contributed by atoms with Crippen LogP contribution in [0.2, 0.25) is 0 Å². The number of hydrogen-bond acceptors (Lipinski definition) is 4. The molecule has 1 saturated heterocycles. The second kappa shape index (κ2) is 7.76. The molecule has 0 radical (unpaired) electrons. The highest BCUT2D eigenvalue weighted by atomic mass is 32.2. The van der Waals surface area contributed by atoms with Crippen LogP contribution in [0.5, 0.6) is 0 Å². The summed E-state index contributed by atoms with van der Waals surface area (Å²) < 4.78 is 2.02. The number of aryl methyl sites for hydroxylation is 1. The van der Waals surface area contributed by atoms with Crippen LogP contribution in [-0.4, -0.2) is 43.9 Å². The zero-order valence-electron chi connectivity index (χ0n) is 13.0. The fraction of sp³-hybridized carbons (Fsp3) is 0.800. The van der Waals surface area contributed by atoms with Crippen LogP contribution in [0.25, 0.3) is 0 Å². The fourth-order valence-electron chi connectivity index (χ4n) is 2.55. The number of nitrogens with one attached hydrogen (secondary N) is 1. The van der Waals surface area contributed by atoms with E-state index in [0.29, 0.717) is 11.3 Å². The number of thioether (sulfide) groups is 2. The zero-order valence-corrected chi connectivity index (χ0v) is 14.6. The first-order valence-electron chi connectivity index (χ1n) is 7.65. The van der Waals surface area contributed by atoms with Crippen molar-refractivity contribution < 1.29 is 0 Å². The molecular weight excluding hydrogens is 286 g/mol. The van der Waals surface area contributed by atoms with Crippen LogP contribution in [0.3, 0.4) is 0 Å². The van der Waals surface area contributed by atoms with E-state index in [1.165, 1.54) is 11.3 Å². The lowest BCUT2D eigenvalue weighted by Gasteiger charge is -2.36. The summed E-state index contributed by atoms with van der Waals surface area (Å²) in [5.41, 5.74) is 1.36. The van der Waals surface area contributed by atoms with Gasteiger partial charge in [0, 0.05) is 40.3 Å². The monoisotopic (exact) mass is 313 g/mol. The number of hydrogen-bond donors (Lipinski definition) is 1. The van der Waals surface area contributed by atoms with E-state index in [1.54, 1.807) is 0 Å². The molecule has 2 heterocycles. The molecule has 4 unspecified atom stereocenters. The Morgan fingerprint density at radius 2 is 2.20 bits per heavy atom. The molecule has 1 aromatic rings. The predicted octanol–water partition coefficient (Wildman–Crippen LogP) is 3.05. The van der Waals surface area contributed by atoms with E-state index in [4.69, 9.17) is 0 Å². The molecule has 114 valence electrons. The molecule has 1 aliphatic heterocycles. The number of likely N-dealkylation sites (N-methyl/N-ethyl adjacent to an activating group) is 1. The molecule has 3 nitrogen and oxygen atoms in total. The Balaban J connectivity index is 1.99. The summed E-state index contributed by atoms with van der Waals surface area (Å²) in [5, 5.41) is 10.3. The summed E-state index contributed by atoms with van der Waals surface area (Å²) in [4.78, 5) is 0. The Morgan fingerprint density at radius 3 is 2.80 bits per heavy atom. The van der Waals surface area contributed by atoms with E-state index in [2.05, 4.69) is 67.8 Å². The predicted molar refractivity (Wildman–Crippen MR) is 91.8 cm³/mol. The minimum atomic E-state index is 0.557. The molecule has 0 spiro atoms. The fourth-order valence-corrected chi connectivity index (χ4v) is 5.68. The third kappa shape index (κ3) is 4.18. The van der Waals surface area contributed by atoms with Gasteiger partial charge in [0.1, 0.15) is 0 Å². The third-order valence-corrected chi connectivity index (χ3v) is 7.51. The van der Waals surface area contributed by atoms with E-state index in [0.717, 1.165) is 30.0 Å². The molecule has 1 N–H and O–H groups in total. The molecule has 4 atom stereocenters. The van der Waals surface area contributed by atoms with Crippen LogP contribution in [0, 0.1) is 0 Å². The first-order valence-corrected chi connectivity index (χ1v) is 9.65. The van der Waals surface area contributed by atoms with Gasteiger partial charge in [-0.15, -0.1) is 0 Å². The highest BCUT2D eigenvalue weighted by molar-refractivity contribution is 8.07. The number of nitrogens with zero attached hydrogens (tertiary/aromatic N) is 2. The van der Waals surface area contributed by atoms with Crippen molar-refractivity contribution in [3.63, 3.8) is 0 Å². The van der Waals surface area contributed by atoms with Gasteiger partial charge in [-0.3, -0.25) is 4.68 Å². The lowest BCUT2D eigenvalue weighted by atomic mass is 10.1.